The second-order valence-electron chi connectivity index (χ2n) is 8.58. The summed E-state index contributed by atoms with van der Waals surface area (Å²) in [5, 5.41) is 8.78. The first-order valence-electron chi connectivity index (χ1n) is 11.0. The Hall–Kier alpha value is -2.62. The van der Waals surface area contributed by atoms with Gasteiger partial charge in [-0.25, -0.2) is 4.98 Å². The number of rotatable bonds is 5. The van der Waals surface area contributed by atoms with Gasteiger partial charge < -0.3 is 19.8 Å². The molecule has 5 rings (SSSR count). The number of nitrogen functional groups attached to an aromatic ring is 1. The van der Waals surface area contributed by atoms with Crippen molar-refractivity contribution in [2.75, 3.05) is 36.9 Å². The molecule has 0 radical (unpaired) electrons. The molecule has 0 amide bonds. The van der Waals surface area contributed by atoms with E-state index in [1.165, 1.54) is 5.56 Å². The van der Waals surface area contributed by atoms with Gasteiger partial charge in [0.1, 0.15) is 12.4 Å². The fraction of sp³-hybridized carbons (Fsp3) is 0.500. The Bertz CT molecular complexity index is 1030. The number of nitrogens with zero attached hydrogens (tertiary/aromatic N) is 5. The van der Waals surface area contributed by atoms with E-state index in [1.54, 1.807) is 6.26 Å². The summed E-state index contributed by atoms with van der Waals surface area (Å²) in [4.78, 5) is 12.4. The average Bonchev–Trinajstić information content (AvgIpc) is 3.44. The number of oxazole rings is 1. The minimum absolute atomic E-state index is 0.155. The zero-order valence-corrected chi connectivity index (χ0v) is 18.8. The Balaban J connectivity index is 1.31. The highest BCUT2D eigenvalue weighted by molar-refractivity contribution is 6.30. The first-order valence-corrected chi connectivity index (χ1v) is 11.4. The number of benzene rings is 1. The van der Waals surface area contributed by atoms with Gasteiger partial charge in [0.15, 0.2) is 0 Å². The normalized spacial score (nSPS) is 23.0. The largest absolute Gasteiger partial charge is 0.446 e. The first kappa shape index (κ1) is 21.2. The lowest BCUT2D eigenvalue weighted by Gasteiger charge is -2.46. The molecule has 3 aromatic rings. The van der Waals surface area contributed by atoms with E-state index in [4.69, 9.17) is 26.5 Å². The summed E-state index contributed by atoms with van der Waals surface area (Å²) >= 11 is 6.08. The smallest absolute Gasteiger partial charge is 0.226 e. The summed E-state index contributed by atoms with van der Waals surface area (Å²) in [6.07, 6.45) is 4.49. The summed E-state index contributed by atoms with van der Waals surface area (Å²) in [5.41, 5.74) is 7.83. The van der Waals surface area contributed by atoms with Gasteiger partial charge in [-0.05, 0) is 43.9 Å². The number of hydrogen-bond acceptors (Lipinski definition) is 8. The number of aryl methyl sites for hydroxylation is 1. The molecule has 2 aliphatic rings. The van der Waals surface area contributed by atoms with Crippen LogP contribution in [0.25, 0.3) is 0 Å². The Morgan fingerprint density at radius 2 is 1.97 bits per heavy atom. The molecule has 1 aromatic carbocycles. The lowest BCUT2D eigenvalue weighted by Crippen LogP contribution is -2.55. The van der Waals surface area contributed by atoms with Crippen molar-refractivity contribution in [3.63, 3.8) is 0 Å². The van der Waals surface area contributed by atoms with Crippen molar-refractivity contribution in [3.8, 4) is 0 Å². The number of H-pyrrole nitrogens is 1. The quantitative estimate of drug-likeness (QED) is 0.601. The van der Waals surface area contributed by atoms with Gasteiger partial charge in [-0.1, -0.05) is 23.7 Å². The number of hydrogen-bond donors (Lipinski definition) is 2. The number of ether oxygens (including phenoxy) is 1. The second-order valence-corrected chi connectivity index (χ2v) is 9.02. The number of nitrogens with one attached hydrogen (secondary N) is 1. The van der Waals surface area contributed by atoms with Crippen LogP contribution in [-0.2, 0) is 11.2 Å². The predicted octanol–water partition coefficient (Wildman–Crippen LogP) is 2.99. The SMILES string of the molecule is Cc1coc(C2CN(C3CCN(c4nnc(N)[nH]4)CC3)C(Cc3ccc(Cl)cc3)CO2)n1. The lowest BCUT2D eigenvalue weighted by atomic mass is 9.96. The number of nitrogens with two attached hydrogens (primary N) is 1. The van der Waals surface area contributed by atoms with Crippen LogP contribution in [0.3, 0.4) is 0 Å². The van der Waals surface area contributed by atoms with Crippen molar-refractivity contribution >= 4 is 23.5 Å². The lowest BCUT2D eigenvalue weighted by molar-refractivity contribution is -0.0928. The molecule has 10 heteroatoms. The maximum Gasteiger partial charge on any atom is 0.226 e. The standard InChI is InChI=1S/C22H28ClN7O2/c1-14-12-32-20(25-14)19-11-30(18(13-31-19)10-15-2-4-16(23)5-3-15)17-6-8-29(9-7-17)22-26-21(24)27-28-22/h2-5,12,17-19H,6-11,13H2,1H3,(H3,24,26,27,28). The van der Waals surface area contributed by atoms with Gasteiger partial charge in [-0.3, -0.25) is 9.88 Å². The molecule has 2 saturated heterocycles. The Labute approximate surface area is 191 Å². The second kappa shape index (κ2) is 9.09. The summed E-state index contributed by atoms with van der Waals surface area (Å²) < 4.78 is 11.9. The summed E-state index contributed by atoms with van der Waals surface area (Å²) in [6, 6.07) is 8.81. The van der Waals surface area contributed by atoms with Gasteiger partial charge in [0.2, 0.25) is 17.8 Å². The average molecular weight is 458 g/mol. The number of anilines is 2. The molecule has 3 N–H and O–H groups in total. The summed E-state index contributed by atoms with van der Waals surface area (Å²) in [6.45, 7) is 5.12. The number of aromatic nitrogens is 4. The number of halogens is 1. The van der Waals surface area contributed by atoms with Crippen molar-refractivity contribution in [2.24, 2.45) is 0 Å². The van der Waals surface area contributed by atoms with E-state index in [9.17, 15) is 0 Å². The van der Waals surface area contributed by atoms with Gasteiger partial charge in [0, 0.05) is 36.7 Å². The molecule has 32 heavy (non-hydrogen) atoms. The zero-order valence-electron chi connectivity index (χ0n) is 18.1. The van der Waals surface area contributed by atoms with Gasteiger partial charge in [0.05, 0.1) is 12.3 Å². The number of piperidine rings is 1. The zero-order chi connectivity index (χ0) is 22.1. The molecule has 9 nitrogen and oxygen atoms in total. The van der Waals surface area contributed by atoms with Crippen molar-refractivity contribution in [3.05, 3.63) is 52.7 Å². The van der Waals surface area contributed by atoms with Gasteiger partial charge in [0.25, 0.3) is 0 Å². The maximum atomic E-state index is 6.23. The van der Waals surface area contributed by atoms with Crippen molar-refractivity contribution in [2.45, 2.75) is 44.4 Å². The molecule has 4 heterocycles. The van der Waals surface area contributed by atoms with Crippen LogP contribution in [0.15, 0.2) is 34.9 Å². The van der Waals surface area contributed by atoms with Crippen molar-refractivity contribution in [1.29, 1.82) is 0 Å². The molecule has 0 saturated carbocycles. The van der Waals surface area contributed by atoms with Crippen molar-refractivity contribution in [1.82, 2.24) is 25.1 Å². The third-order valence-corrected chi connectivity index (χ3v) is 6.61. The van der Waals surface area contributed by atoms with Crippen LogP contribution >= 0.6 is 11.6 Å². The van der Waals surface area contributed by atoms with E-state index in [-0.39, 0.29) is 12.1 Å². The van der Waals surface area contributed by atoms with Crippen LogP contribution < -0.4 is 10.6 Å². The molecule has 2 aromatic heterocycles. The highest BCUT2D eigenvalue weighted by Gasteiger charge is 2.37. The molecule has 2 fully saturated rings. The highest BCUT2D eigenvalue weighted by Crippen LogP contribution is 2.31. The molecule has 2 unspecified atom stereocenters. The minimum atomic E-state index is -0.155. The van der Waals surface area contributed by atoms with Crippen LogP contribution in [-0.4, -0.2) is 63.4 Å². The van der Waals surface area contributed by atoms with Gasteiger partial charge in [-0.2, -0.15) is 0 Å². The summed E-state index contributed by atoms with van der Waals surface area (Å²) in [7, 11) is 0. The fourth-order valence-electron chi connectivity index (χ4n) is 4.72. The number of aromatic amines is 1. The van der Waals surface area contributed by atoms with Crippen LogP contribution in [0, 0.1) is 6.92 Å². The van der Waals surface area contributed by atoms with E-state index in [0.29, 0.717) is 24.5 Å². The van der Waals surface area contributed by atoms with Crippen LogP contribution in [0.1, 0.15) is 36.1 Å². The van der Waals surface area contributed by atoms with Crippen LogP contribution in [0.4, 0.5) is 11.9 Å². The van der Waals surface area contributed by atoms with Crippen molar-refractivity contribution < 1.29 is 9.15 Å². The minimum Gasteiger partial charge on any atom is -0.446 e. The first-order chi connectivity index (χ1) is 15.5. The molecule has 170 valence electrons. The van der Waals surface area contributed by atoms with E-state index in [0.717, 1.165) is 55.6 Å². The van der Waals surface area contributed by atoms with E-state index >= 15 is 0 Å². The molecular formula is C22H28ClN7O2. The highest BCUT2D eigenvalue weighted by atomic mass is 35.5. The van der Waals surface area contributed by atoms with Crippen LogP contribution in [0.2, 0.25) is 5.02 Å². The Morgan fingerprint density at radius 3 is 2.62 bits per heavy atom. The molecule has 0 bridgehead atoms. The van der Waals surface area contributed by atoms with Gasteiger partial charge >= 0.3 is 0 Å². The monoisotopic (exact) mass is 457 g/mol. The maximum absolute atomic E-state index is 6.23. The van der Waals surface area contributed by atoms with E-state index in [1.807, 2.05) is 19.1 Å². The van der Waals surface area contributed by atoms with Crippen LogP contribution in [0.5, 0.6) is 0 Å². The Morgan fingerprint density at radius 1 is 1.19 bits per heavy atom. The molecular weight excluding hydrogens is 430 g/mol. The molecule has 2 atom stereocenters. The van der Waals surface area contributed by atoms with Gasteiger partial charge in [-0.15, -0.1) is 10.2 Å². The third kappa shape index (κ3) is 4.60. The Kier molecular flexibility index (Phi) is 6.03. The predicted molar refractivity (Wildman–Crippen MR) is 122 cm³/mol. The fourth-order valence-corrected chi connectivity index (χ4v) is 4.84. The summed E-state index contributed by atoms with van der Waals surface area (Å²) in [5.74, 6) is 1.75. The molecule has 2 aliphatic heterocycles. The number of morpholine rings is 1. The topological polar surface area (TPSA) is 109 Å². The van der Waals surface area contributed by atoms with E-state index < -0.39 is 0 Å². The molecule has 0 aliphatic carbocycles. The molecule has 0 spiro atoms. The third-order valence-electron chi connectivity index (χ3n) is 6.36. The van der Waals surface area contributed by atoms with E-state index in [2.05, 4.69) is 42.1 Å².